The summed E-state index contributed by atoms with van der Waals surface area (Å²) in [7, 11) is 0. The molecule has 2 aromatic carbocycles. The number of anilines is 3. The van der Waals surface area contributed by atoms with Gasteiger partial charge in [0.15, 0.2) is 11.6 Å². The van der Waals surface area contributed by atoms with Gasteiger partial charge in [0.2, 0.25) is 0 Å². The summed E-state index contributed by atoms with van der Waals surface area (Å²) in [6.45, 7) is 0.253. The lowest BCUT2D eigenvalue weighted by molar-refractivity contribution is -0.110. The quantitative estimate of drug-likeness (QED) is 0.258. The molecular formula is C28H21F2N5O2. The first-order chi connectivity index (χ1) is 18.0. The maximum absolute atomic E-state index is 13.4. The molecule has 7 nitrogen and oxygen atoms in total. The van der Waals surface area contributed by atoms with Crippen molar-refractivity contribution in [3.63, 3.8) is 0 Å². The van der Waals surface area contributed by atoms with E-state index in [0.29, 0.717) is 17.1 Å². The Balaban J connectivity index is 1.19. The zero-order chi connectivity index (χ0) is 25.8. The van der Waals surface area contributed by atoms with E-state index < -0.39 is 11.6 Å². The number of nitrogens with zero attached hydrogens (tertiary/aromatic N) is 1. The van der Waals surface area contributed by atoms with E-state index in [1.54, 1.807) is 30.5 Å². The van der Waals surface area contributed by atoms with Gasteiger partial charge in [0.05, 0.1) is 5.57 Å². The summed E-state index contributed by atoms with van der Waals surface area (Å²) in [5, 5.41) is 8.49. The molecule has 9 heteroatoms. The van der Waals surface area contributed by atoms with E-state index in [2.05, 4.69) is 25.9 Å². The number of benzene rings is 2. The first-order valence-electron chi connectivity index (χ1n) is 11.4. The second-order valence-corrected chi connectivity index (χ2v) is 8.22. The molecule has 0 bridgehead atoms. The molecule has 0 spiro atoms. The summed E-state index contributed by atoms with van der Waals surface area (Å²) in [6, 6.07) is 17.6. The van der Waals surface area contributed by atoms with Crippen molar-refractivity contribution in [2.24, 2.45) is 0 Å². The van der Waals surface area contributed by atoms with Crippen LogP contribution < -0.4 is 16.0 Å². The minimum Gasteiger partial charge on any atom is -0.362 e. The van der Waals surface area contributed by atoms with Gasteiger partial charge in [-0.05, 0) is 54.1 Å². The lowest BCUT2D eigenvalue weighted by atomic mass is 10.0. The standard InChI is InChI=1S/C28H21F2N5O2/c29-22-11-9-19(16-23(22)30)33-26-7-1-6-24(34-26)28(37)32-13-2-4-17-8-10-20-21(15-18-5-3-12-31-18)27(36)35-25(20)14-17/h1-12,14-16,31H,13H2,(H,32,37)(H,33,34)(H,35,36)/b4-2+,21-15+. The van der Waals surface area contributed by atoms with Crippen molar-refractivity contribution in [1.82, 2.24) is 15.3 Å². The van der Waals surface area contributed by atoms with E-state index in [0.717, 1.165) is 34.6 Å². The highest BCUT2D eigenvalue weighted by Gasteiger charge is 2.24. The molecule has 4 N–H and O–H groups in total. The number of carbonyl (C=O) groups is 2. The van der Waals surface area contributed by atoms with Crippen LogP contribution in [0.5, 0.6) is 0 Å². The molecule has 5 rings (SSSR count). The zero-order valence-corrected chi connectivity index (χ0v) is 19.4. The third-order valence-electron chi connectivity index (χ3n) is 5.61. The molecule has 0 fully saturated rings. The van der Waals surface area contributed by atoms with Crippen molar-refractivity contribution in [2.75, 3.05) is 17.2 Å². The lowest BCUT2D eigenvalue weighted by Gasteiger charge is -2.08. The molecular weight excluding hydrogens is 476 g/mol. The number of halogens is 2. The summed E-state index contributed by atoms with van der Waals surface area (Å²) in [4.78, 5) is 32.2. The van der Waals surface area contributed by atoms with Gasteiger partial charge in [-0.15, -0.1) is 0 Å². The molecule has 0 unspecified atom stereocenters. The van der Waals surface area contributed by atoms with Crippen molar-refractivity contribution >= 4 is 46.7 Å². The number of carbonyl (C=O) groups excluding carboxylic acids is 2. The molecule has 0 saturated heterocycles. The summed E-state index contributed by atoms with van der Waals surface area (Å²) in [5.74, 6) is -2.16. The number of hydrogen-bond donors (Lipinski definition) is 4. The molecule has 0 aliphatic carbocycles. The Hall–Kier alpha value is -5.05. The summed E-state index contributed by atoms with van der Waals surface area (Å²) in [6.07, 6.45) is 7.23. The third-order valence-corrected chi connectivity index (χ3v) is 5.61. The zero-order valence-electron chi connectivity index (χ0n) is 19.4. The minimum absolute atomic E-state index is 0.160. The van der Waals surface area contributed by atoms with Crippen LogP contribution in [0.1, 0.15) is 27.3 Å². The predicted molar refractivity (Wildman–Crippen MR) is 139 cm³/mol. The van der Waals surface area contributed by atoms with Gasteiger partial charge in [-0.3, -0.25) is 9.59 Å². The van der Waals surface area contributed by atoms with Gasteiger partial charge < -0.3 is 20.9 Å². The molecule has 3 heterocycles. The summed E-state index contributed by atoms with van der Waals surface area (Å²) >= 11 is 0. The Labute approximate surface area is 211 Å². The number of H-pyrrole nitrogens is 1. The number of fused-ring (bicyclic) bond motifs is 1. The van der Waals surface area contributed by atoms with Gasteiger partial charge in [-0.2, -0.15) is 0 Å². The number of nitrogens with one attached hydrogen (secondary N) is 4. The smallest absolute Gasteiger partial charge is 0.270 e. The summed E-state index contributed by atoms with van der Waals surface area (Å²) in [5.41, 5.74) is 4.33. The lowest BCUT2D eigenvalue weighted by Crippen LogP contribution is -2.24. The Morgan fingerprint density at radius 2 is 1.89 bits per heavy atom. The van der Waals surface area contributed by atoms with Crippen molar-refractivity contribution in [3.8, 4) is 0 Å². The van der Waals surface area contributed by atoms with Crippen LogP contribution in [0.25, 0.3) is 17.7 Å². The average molecular weight is 498 g/mol. The number of rotatable bonds is 7. The Bertz CT molecular complexity index is 1540. The van der Waals surface area contributed by atoms with Crippen LogP contribution in [-0.2, 0) is 4.79 Å². The average Bonchev–Trinajstić information content (AvgIpc) is 3.52. The van der Waals surface area contributed by atoms with Crippen molar-refractivity contribution < 1.29 is 18.4 Å². The first-order valence-corrected chi connectivity index (χ1v) is 11.4. The SMILES string of the molecule is O=C1Nc2cc(/C=C/CNC(=O)c3cccc(Nc4ccc(F)c(F)c4)n3)ccc2/C1=C\c1ccc[nH]1. The maximum Gasteiger partial charge on any atom is 0.270 e. The fraction of sp³-hybridized carbons (Fsp3) is 0.0357. The number of hydrogen-bond acceptors (Lipinski definition) is 4. The first kappa shape index (κ1) is 23.7. The largest absolute Gasteiger partial charge is 0.362 e. The monoisotopic (exact) mass is 497 g/mol. The normalized spacial score (nSPS) is 13.6. The van der Waals surface area contributed by atoms with E-state index >= 15 is 0 Å². The van der Waals surface area contributed by atoms with E-state index in [-0.39, 0.29) is 24.1 Å². The van der Waals surface area contributed by atoms with Crippen LogP contribution in [0.3, 0.4) is 0 Å². The Morgan fingerprint density at radius 3 is 2.70 bits per heavy atom. The van der Waals surface area contributed by atoms with Crippen LogP contribution in [0.15, 0.2) is 79.0 Å². The molecule has 0 saturated carbocycles. The second kappa shape index (κ2) is 10.3. The molecule has 0 radical (unpaired) electrons. The summed E-state index contributed by atoms with van der Waals surface area (Å²) < 4.78 is 26.5. The third kappa shape index (κ3) is 5.46. The van der Waals surface area contributed by atoms with Crippen LogP contribution >= 0.6 is 0 Å². The van der Waals surface area contributed by atoms with E-state index in [9.17, 15) is 18.4 Å². The number of pyridine rings is 1. The van der Waals surface area contributed by atoms with Gasteiger partial charge >= 0.3 is 0 Å². The fourth-order valence-corrected chi connectivity index (χ4v) is 3.84. The van der Waals surface area contributed by atoms with Crippen molar-refractivity contribution in [1.29, 1.82) is 0 Å². The molecule has 37 heavy (non-hydrogen) atoms. The minimum atomic E-state index is -0.982. The number of amides is 2. The van der Waals surface area contributed by atoms with Crippen LogP contribution in [0, 0.1) is 11.6 Å². The highest BCUT2D eigenvalue weighted by Crippen LogP contribution is 2.33. The fourth-order valence-electron chi connectivity index (χ4n) is 3.84. The maximum atomic E-state index is 13.4. The molecule has 184 valence electrons. The number of aromatic nitrogens is 2. The molecule has 2 aromatic heterocycles. The van der Waals surface area contributed by atoms with Crippen LogP contribution in [0.2, 0.25) is 0 Å². The van der Waals surface area contributed by atoms with Gasteiger partial charge in [-0.25, -0.2) is 13.8 Å². The molecule has 2 amide bonds. The molecule has 1 aliphatic rings. The molecule has 1 aliphatic heterocycles. The van der Waals surface area contributed by atoms with Gasteiger partial charge in [0.25, 0.3) is 11.8 Å². The molecule has 4 aromatic rings. The van der Waals surface area contributed by atoms with Crippen LogP contribution in [0.4, 0.5) is 26.0 Å². The van der Waals surface area contributed by atoms with Crippen LogP contribution in [-0.4, -0.2) is 28.3 Å². The second-order valence-electron chi connectivity index (χ2n) is 8.22. The number of aromatic amines is 1. The highest BCUT2D eigenvalue weighted by molar-refractivity contribution is 6.34. The van der Waals surface area contributed by atoms with Crippen molar-refractivity contribution in [2.45, 2.75) is 0 Å². The molecule has 0 atom stereocenters. The Morgan fingerprint density at radius 1 is 1.00 bits per heavy atom. The van der Waals surface area contributed by atoms with E-state index in [1.807, 2.05) is 42.5 Å². The Kier molecular flexibility index (Phi) is 6.58. The predicted octanol–water partition coefficient (Wildman–Crippen LogP) is 5.37. The highest BCUT2D eigenvalue weighted by atomic mass is 19.2. The van der Waals surface area contributed by atoms with Crippen molar-refractivity contribution in [3.05, 3.63) is 113 Å². The van der Waals surface area contributed by atoms with Gasteiger partial charge in [-0.1, -0.05) is 30.4 Å². The van der Waals surface area contributed by atoms with Gasteiger partial charge in [0, 0.05) is 41.4 Å². The van der Waals surface area contributed by atoms with E-state index in [4.69, 9.17) is 0 Å². The topological polar surface area (TPSA) is 98.9 Å². The van der Waals surface area contributed by atoms with Gasteiger partial charge in [0.1, 0.15) is 11.5 Å². The van der Waals surface area contributed by atoms with E-state index in [1.165, 1.54) is 6.07 Å².